The van der Waals surface area contributed by atoms with Crippen LogP contribution >= 0.6 is 0 Å². The Kier molecular flexibility index (Phi) is 5.69. The van der Waals surface area contributed by atoms with E-state index in [-0.39, 0.29) is 11.4 Å². The highest BCUT2D eigenvalue weighted by Gasteiger charge is 2.35. The molecule has 0 aromatic heterocycles. The van der Waals surface area contributed by atoms with Crippen LogP contribution in [0.5, 0.6) is 5.75 Å². The molecule has 3 rings (SSSR count). The normalized spacial score (nSPS) is 14.9. The Hall–Kier alpha value is -3.68. The third-order valence-corrected chi connectivity index (χ3v) is 3.91. The van der Waals surface area contributed by atoms with Crippen LogP contribution < -0.4 is 15.4 Å². The van der Waals surface area contributed by atoms with Crippen molar-refractivity contribution in [3.8, 4) is 5.75 Å². The first kappa shape index (κ1) is 19.1. The Morgan fingerprint density at radius 2 is 1.89 bits per heavy atom. The molecule has 0 radical (unpaired) electrons. The number of imide groups is 1. The van der Waals surface area contributed by atoms with Gasteiger partial charge in [-0.1, -0.05) is 24.3 Å². The van der Waals surface area contributed by atoms with Gasteiger partial charge in [0.15, 0.2) is 0 Å². The van der Waals surface area contributed by atoms with Gasteiger partial charge in [-0.15, -0.1) is 0 Å². The fourth-order valence-electron chi connectivity index (χ4n) is 2.60. The molecule has 0 saturated carbocycles. The number of para-hydroxylation sites is 1. The molecule has 0 bridgehead atoms. The van der Waals surface area contributed by atoms with Gasteiger partial charge in [-0.3, -0.25) is 9.59 Å². The molecule has 0 aliphatic carbocycles. The Morgan fingerprint density at radius 1 is 1.18 bits per heavy atom. The molecule has 1 heterocycles. The zero-order chi connectivity index (χ0) is 20.1. The fourth-order valence-corrected chi connectivity index (χ4v) is 2.60. The van der Waals surface area contributed by atoms with Crippen molar-refractivity contribution >= 4 is 29.6 Å². The van der Waals surface area contributed by atoms with Gasteiger partial charge in [0, 0.05) is 0 Å². The smallest absolute Gasteiger partial charge is 0.329 e. The van der Waals surface area contributed by atoms with Crippen molar-refractivity contribution in [2.24, 2.45) is 0 Å². The summed E-state index contributed by atoms with van der Waals surface area (Å²) in [5.74, 6) is -1.24. The van der Waals surface area contributed by atoms with Crippen molar-refractivity contribution in [2.45, 2.75) is 6.92 Å². The molecular formula is C20H18FN3O4. The molecule has 2 N–H and O–H groups in total. The van der Waals surface area contributed by atoms with E-state index in [0.717, 1.165) is 4.90 Å². The molecule has 2 aromatic carbocycles. The van der Waals surface area contributed by atoms with Gasteiger partial charge >= 0.3 is 6.03 Å². The topological polar surface area (TPSA) is 87.7 Å². The molecule has 1 saturated heterocycles. The maximum atomic E-state index is 13.6. The first-order valence-corrected chi connectivity index (χ1v) is 8.59. The van der Waals surface area contributed by atoms with Gasteiger partial charge in [-0.2, -0.15) is 0 Å². The second kappa shape index (κ2) is 8.34. The SMILES string of the molecule is CCOc1ccc(/C=C2/NC(=O)N(CC(=O)Nc3ccccc3F)C2=O)cc1. The molecule has 0 atom stereocenters. The number of urea groups is 1. The van der Waals surface area contributed by atoms with E-state index in [1.54, 1.807) is 30.3 Å². The highest BCUT2D eigenvalue weighted by molar-refractivity contribution is 6.15. The van der Waals surface area contributed by atoms with Crippen molar-refractivity contribution in [3.05, 3.63) is 65.6 Å². The molecule has 1 aliphatic heterocycles. The van der Waals surface area contributed by atoms with Crippen molar-refractivity contribution in [3.63, 3.8) is 0 Å². The van der Waals surface area contributed by atoms with Crippen LogP contribution in [-0.2, 0) is 9.59 Å². The first-order valence-electron chi connectivity index (χ1n) is 8.59. The van der Waals surface area contributed by atoms with Gasteiger partial charge in [0.2, 0.25) is 5.91 Å². The Morgan fingerprint density at radius 3 is 2.57 bits per heavy atom. The Bertz CT molecular complexity index is 941. The summed E-state index contributed by atoms with van der Waals surface area (Å²) in [6.45, 7) is 1.89. The number of hydrogen-bond donors (Lipinski definition) is 2. The number of nitrogens with one attached hydrogen (secondary N) is 2. The van der Waals surface area contributed by atoms with Crippen LogP contribution in [0.4, 0.5) is 14.9 Å². The molecule has 4 amide bonds. The summed E-state index contributed by atoms with van der Waals surface area (Å²) in [6, 6.07) is 11.9. The van der Waals surface area contributed by atoms with Gasteiger partial charge in [0.05, 0.1) is 12.3 Å². The number of rotatable bonds is 6. The number of ether oxygens (including phenoxy) is 1. The number of nitrogens with zero attached hydrogens (tertiary/aromatic N) is 1. The largest absolute Gasteiger partial charge is 0.494 e. The standard InChI is InChI=1S/C20H18FN3O4/c1-2-28-14-9-7-13(8-10-14)11-17-19(26)24(20(27)23-17)12-18(25)22-16-6-4-3-5-15(16)21/h3-11H,2,12H2,1H3,(H,22,25)(H,23,27)/b17-11+. The number of carbonyl (C=O) groups excluding carboxylic acids is 3. The maximum Gasteiger partial charge on any atom is 0.329 e. The van der Waals surface area contributed by atoms with Crippen molar-refractivity contribution in [2.75, 3.05) is 18.5 Å². The summed E-state index contributed by atoms with van der Waals surface area (Å²) >= 11 is 0. The van der Waals surface area contributed by atoms with Gasteiger partial charge in [-0.25, -0.2) is 14.1 Å². The minimum absolute atomic E-state index is 0.0234. The lowest BCUT2D eigenvalue weighted by atomic mass is 10.2. The number of anilines is 1. The van der Waals surface area contributed by atoms with Crippen LogP contribution in [0, 0.1) is 5.82 Å². The molecule has 28 heavy (non-hydrogen) atoms. The van der Waals surface area contributed by atoms with Gasteiger partial charge in [0.25, 0.3) is 5.91 Å². The predicted molar refractivity (Wildman–Crippen MR) is 101 cm³/mol. The molecule has 2 aromatic rings. The van der Waals surface area contributed by atoms with E-state index in [1.165, 1.54) is 24.3 Å². The van der Waals surface area contributed by atoms with Crippen LogP contribution in [0.25, 0.3) is 6.08 Å². The molecule has 1 aliphatic rings. The number of benzene rings is 2. The van der Waals surface area contributed by atoms with Crippen LogP contribution in [0.1, 0.15) is 12.5 Å². The summed E-state index contributed by atoms with van der Waals surface area (Å²) in [5.41, 5.74) is 0.710. The zero-order valence-electron chi connectivity index (χ0n) is 15.1. The quantitative estimate of drug-likeness (QED) is 0.593. The van der Waals surface area contributed by atoms with Crippen molar-refractivity contribution in [1.82, 2.24) is 10.2 Å². The van der Waals surface area contributed by atoms with Gasteiger partial charge in [0.1, 0.15) is 23.8 Å². The zero-order valence-corrected chi connectivity index (χ0v) is 15.1. The molecule has 0 unspecified atom stereocenters. The van der Waals surface area contributed by atoms with Crippen LogP contribution in [0.2, 0.25) is 0 Å². The average Bonchev–Trinajstić information content (AvgIpc) is 2.93. The van der Waals surface area contributed by atoms with Crippen molar-refractivity contribution < 1.29 is 23.5 Å². The lowest BCUT2D eigenvalue weighted by Gasteiger charge is -2.12. The van der Waals surface area contributed by atoms with Gasteiger partial charge in [-0.05, 0) is 42.8 Å². The third-order valence-electron chi connectivity index (χ3n) is 3.91. The van der Waals surface area contributed by atoms with E-state index in [2.05, 4.69) is 10.6 Å². The number of hydrogen-bond acceptors (Lipinski definition) is 4. The highest BCUT2D eigenvalue weighted by atomic mass is 19.1. The lowest BCUT2D eigenvalue weighted by Crippen LogP contribution is -2.38. The second-order valence-corrected chi connectivity index (χ2v) is 5.91. The van der Waals surface area contributed by atoms with E-state index >= 15 is 0 Å². The highest BCUT2D eigenvalue weighted by Crippen LogP contribution is 2.18. The predicted octanol–water partition coefficient (Wildman–Crippen LogP) is 2.76. The maximum absolute atomic E-state index is 13.6. The van der Waals surface area contributed by atoms with Crippen LogP contribution in [-0.4, -0.2) is 35.9 Å². The summed E-state index contributed by atoms with van der Waals surface area (Å²) in [5, 5.41) is 4.78. The molecule has 144 valence electrons. The van der Waals surface area contributed by atoms with Crippen LogP contribution in [0.15, 0.2) is 54.2 Å². The van der Waals surface area contributed by atoms with Gasteiger partial charge < -0.3 is 15.4 Å². The Labute approximate surface area is 160 Å². The number of carbonyl (C=O) groups is 3. The van der Waals surface area contributed by atoms with E-state index in [9.17, 15) is 18.8 Å². The fraction of sp³-hybridized carbons (Fsp3) is 0.150. The first-order chi connectivity index (χ1) is 13.5. The Balaban J connectivity index is 1.67. The number of amides is 4. The van der Waals surface area contributed by atoms with Crippen LogP contribution in [0.3, 0.4) is 0 Å². The summed E-state index contributed by atoms with van der Waals surface area (Å²) in [6.07, 6.45) is 1.50. The van der Waals surface area contributed by atoms with E-state index < -0.39 is 30.2 Å². The molecular weight excluding hydrogens is 365 g/mol. The summed E-state index contributed by atoms with van der Waals surface area (Å²) in [4.78, 5) is 37.3. The van der Waals surface area contributed by atoms with Crippen molar-refractivity contribution in [1.29, 1.82) is 0 Å². The molecule has 7 nitrogen and oxygen atoms in total. The van der Waals surface area contributed by atoms with E-state index in [0.29, 0.717) is 17.9 Å². The molecule has 1 fully saturated rings. The summed E-state index contributed by atoms with van der Waals surface area (Å²) in [7, 11) is 0. The lowest BCUT2D eigenvalue weighted by molar-refractivity contribution is -0.127. The molecule has 8 heteroatoms. The van der Waals surface area contributed by atoms with E-state index in [4.69, 9.17) is 4.74 Å². The average molecular weight is 383 g/mol. The summed E-state index contributed by atoms with van der Waals surface area (Å²) < 4.78 is 19.0. The minimum atomic E-state index is -0.717. The minimum Gasteiger partial charge on any atom is -0.494 e. The number of halogens is 1. The molecule has 0 spiro atoms. The van der Waals surface area contributed by atoms with E-state index in [1.807, 2.05) is 6.92 Å². The monoisotopic (exact) mass is 383 g/mol. The second-order valence-electron chi connectivity index (χ2n) is 5.91. The third kappa shape index (κ3) is 4.35.